The number of nitrogen functional groups attached to an aromatic ring is 2. The fraction of sp³-hybridized carbons (Fsp3) is 0.0769. The van der Waals surface area contributed by atoms with Gasteiger partial charge in [-0.15, -0.1) is 0 Å². The topological polar surface area (TPSA) is 187 Å². The molecule has 0 atom stereocenters. The fourth-order valence-corrected chi connectivity index (χ4v) is 1.63. The first kappa shape index (κ1) is 23.9. The summed E-state index contributed by atoms with van der Waals surface area (Å²) < 4.78 is 55.8. The summed E-state index contributed by atoms with van der Waals surface area (Å²) in [5.74, 6) is 0. The Hall–Kier alpha value is -2.34. The molecule has 0 bridgehead atoms. The molecule has 0 saturated heterocycles. The molecule has 0 aliphatic rings. The number of rotatable bonds is 3. The van der Waals surface area contributed by atoms with Crippen LogP contribution < -0.4 is 17.2 Å². The second kappa shape index (κ2) is 10.4. The van der Waals surface area contributed by atoms with Crippen LogP contribution in [0.3, 0.4) is 0 Å². The molecule has 0 unspecified atom stereocenters. The molecule has 0 spiro atoms. The van der Waals surface area contributed by atoms with Crippen molar-refractivity contribution in [2.45, 2.75) is 4.90 Å². The first-order chi connectivity index (χ1) is 10.7. The standard InChI is InChI=1S/C6H8N2O3S.C6H9N.CH4O3S/c7-4-1-2-5(8)6(3-4)12(9,10)11;1-3-5-6(7)4-2;1-5(2,3)4/h1-3H,7-8H2,(H,9,10,11);3-5H,1-2,7H2;1H3,(H,2,3,4)/b;6-5+;. The Bertz CT molecular complexity index is 791. The predicted molar refractivity (Wildman–Crippen MR) is 95.2 cm³/mol. The quantitative estimate of drug-likeness (QED) is 0.287. The maximum atomic E-state index is 10.6. The first-order valence-corrected chi connectivity index (χ1v) is 9.26. The Kier molecular flexibility index (Phi) is 10.4. The Labute approximate surface area is 141 Å². The zero-order valence-electron chi connectivity index (χ0n) is 13.0. The summed E-state index contributed by atoms with van der Waals surface area (Å²) in [6.07, 6.45) is 5.60. The molecule has 24 heavy (non-hydrogen) atoms. The van der Waals surface area contributed by atoms with E-state index in [1.54, 1.807) is 18.2 Å². The van der Waals surface area contributed by atoms with Crippen LogP contribution >= 0.6 is 0 Å². The van der Waals surface area contributed by atoms with Gasteiger partial charge in [0.25, 0.3) is 20.2 Å². The van der Waals surface area contributed by atoms with Gasteiger partial charge in [0, 0.05) is 11.4 Å². The summed E-state index contributed by atoms with van der Waals surface area (Å²) in [6, 6.07) is 3.87. The molecule has 0 amide bonds. The van der Waals surface area contributed by atoms with Gasteiger partial charge in [0.15, 0.2) is 0 Å². The molecule has 0 aromatic heterocycles. The van der Waals surface area contributed by atoms with Gasteiger partial charge in [0.05, 0.1) is 11.9 Å². The van der Waals surface area contributed by atoms with Gasteiger partial charge in [-0.25, -0.2) is 0 Å². The molecule has 0 saturated carbocycles. The summed E-state index contributed by atoms with van der Waals surface area (Å²) in [5, 5.41) is 0. The fourth-order valence-electron chi connectivity index (χ4n) is 0.978. The van der Waals surface area contributed by atoms with Crippen LogP contribution in [0.15, 0.2) is 60.2 Å². The molecule has 0 fully saturated rings. The normalized spacial score (nSPS) is 11.2. The first-order valence-electron chi connectivity index (χ1n) is 5.98. The van der Waals surface area contributed by atoms with Gasteiger partial charge in [0.1, 0.15) is 4.90 Å². The van der Waals surface area contributed by atoms with Gasteiger partial charge in [0.2, 0.25) is 0 Å². The van der Waals surface area contributed by atoms with Crippen LogP contribution in [0, 0.1) is 0 Å². The van der Waals surface area contributed by atoms with Crippen molar-refractivity contribution in [1.82, 2.24) is 0 Å². The number of hydrogen-bond donors (Lipinski definition) is 5. The second-order valence-corrected chi connectivity index (χ2v) is 6.97. The lowest BCUT2D eigenvalue weighted by Crippen LogP contribution is -2.03. The highest BCUT2D eigenvalue weighted by molar-refractivity contribution is 7.86. The van der Waals surface area contributed by atoms with Gasteiger partial charge < -0.3 is 17.2 Å². The second-order valence-electron chi connectivity index (χ2n) is 4.11. The minimum absolute atomic E-state index is 0.0216. The molecule has 1 aromatic rings. The zero-order valence-corrected chi connectivity index (χ0v) is 14.6. The number of benzene rings is 1. The third-order valence-corrected chi connectivity index (χ3v) is 2.77. The van der Waals surface area contributed by atoms with Crippen LogP contribution in [0.2, 0.25) is 0 Å². The highest BCUT2D eigenvalue weighted by Gasteiger charge is 2.13. The molecule has 8 N–H and O–H groups in total. The van der Waals surface area contributed by atoms with Crippen molar-refractivity contribution >= 4 is 31.6 Å². The number of nitrogens with two attached hydrogens (primary N) is 3. The Morgan fingerprint density at radius 2 is 1.58 bits per heavy atom. The monoisotopic (exact) mass is 379 g/mol. The Morgan fingerprint density at radius 1 is 1.12 bits per heavy atom. The van der Waals surface area contributed by atoms with E-state index in [1.165, 1.54) is 12.1 Å². The van der Waals surface area contributed by atoms with Gasteiger partial charge in [-0.2, -0.15) is 16.8 Å². The lowest BCUT2D eigenvalue weighted by atomic mass is 10.3. The lowest BCUT2D eigenvalue weighted by molar-refractivity contribution is 0.483. The van der Waals surface area contributed by atoms with E-state index in [0.717, 1.165) is 6.07 Å². The van der Waals surface area contributed by atoms with Crippen LogP contribution in [0.25, 0.3) is 0 Å². The molecule has 0 aliphatic carbocycles. The predicted octanol–water partition coefficient (Wildman–Crippen LogP) is 0.803. The van der Waals surface area contributed by atoms with Gasteiger partial charge in [-0.3, -0.25) is 9.11 Å². The van der Waals surface area contributed by atoms with Crippen LogP contribution in [-0.4, -0.2) is 32.2 Å². The average molecular weight is 379 g/mol. The third-order valence-electron chi connectivity index (χ3n) is 1.86. The van der Waals surface area contributed by atoms with Gasteiger partial charge in [-0.05, 0) is 30.4 Å². The van der Waals surface area contributed by atoms with Gasteiger partial charge in [-0.1, -0.05) is 19.2 Å². The SMILES string of the molecule is C=C/C=C(/N)C=C.CS(=O)(=O)O.Nc1ccc(N)c(S(=O)(=O)O)c1. The molecule has 1 aromatic carbocycles. The summed E-state index contributed by atoms with van der Waals surface area (Å²) in [7, 11) is -7.93. The number of hydrogen-bond acceptors (Lipinski definition) is 7. The van der Waals surface area contributed by atoms with Crippen molar-refractivity contribution in [2.75, 3.05) is 17.7 Å². The van der Waals surface area contributed by atoms with Crippen molar-refractivity contribution in [3.8, 4) is 0 Å². The maximum absolute atomic E-state index is 10.6. The number of anilines is 2. The number of allylic oxidation sites excluding steroid dienone is 3. The van der Waals surface area contributed by atoms with Crippen LogP contribution in [-0.2, 0) is 20.2 Å². The van der Waals surface area contributed by atoms with Crippen molar-refractivity contribution in [2.24, 2.45) is 5.73 Å². The molecule has 0 aliphatic heterocycles. The largest absolute Gasteiger partial charge is 0.399 e. The zero-order chi connectivity index (χ0) is 19.6. The Morgan fingerprint density at radius 3 is 1.83 bits per heavy atom. The molecule has 9 nitrogen and oxygen atoms in total. The van der Waals surface area contributed by atoms with E-state index >= 15 is 0 Å². The van der Waals surface area contributed by atoms with Crippen molar-refractivity contribution in [3.05, 3.63) is 55.3 Å². The van der Waals surface area contributed by atoms with Crippen molar-refractivity contribution < 1.29 is 25.9 Å². The van der Waals surface area contributed by atoms with Crippen molar-refractivity contribution in [1.29, 1.82) is 0 Å². The maximum Gasteiger partial charge on any atom is 0.296 e. The highest BCUT2D eigenvalue weighted by Crippen LogP contribution is 2.20. The van der Waals surface area contributed by atoms with Crippen LogP contribution in [0.4, 0.5) is 11.4 Å². The molecule has 0 heterocycles. The smallest absolute Gasteiger partial charge is 0.296 e. The molecule has 11 heteroatoms. The van der Waals surface area contributed by atoms with E-state index in [-0.39, 0.29) is 16.3 Å². The van der Waals surface area contributed by atoms with E-state index in [2.05, 4.69) is 13.2 Å². The van der Waals surface area contributed by atoms with E-state index in [9.17, 15) is 16.8 Å². The van der Waals surface area contributed by atoms with Crippen molar-refractivity contribution in [3.63, 3.8) is 0 Å². The van der Waals surface area contributed by atoms with E-state index in [0.29, 0.717) is 12.0 Å². The summed E-state index contributed by atoms with van der Waals surface area (Å²) in [4.78, 5) is -0.359. The molecular weight excluding hydrogens is 358 g/mol. The van der Waals surface area contributed by atoms with E-state index in [4.69, 9.17) is 26.3 Å². The Balaban J connectivity index is 0. The highest BCUT2D eigenvalue weighted by atomic mass is 32.2. The van der Waals surface area contributed by atoms with E-state index in [1.807, 2.05) is 0 Å². The minimum Gasteiger partial charge on any atom is -0.399 e. The molecular formula is C13H21N3O6S2. The van der Waals surface area contributed by atoms with E-state index < -0.39 is 20.2 Å². The average Bonchev–Trinajstić information content (AvgIpc) is 2.39. The van der Waals surface area contributed by atoms with Gasteiger partial charge >= 0.3 is 0 Å². The molecule has 1 rings (SSSR count). The van der Waals surface area contributed by atoms with Crippen LogP contribution in [0.5, 0.6) is 0 Å². The summed E-state index contributed by atoms with van der Waals surface area (Å²) in [5.41, 5.74) is 16.7. The molecule has 0 radical (unpaired) electrons. The lowest BCUT2D eigenvalue weighted by Gasteiger charge is -2.02. The minimum atomic E-state index is -4.26. The van der Waals surface area contributed by atoms with Crippen LogP contribution in [0.1, 0.15) is 0 Å². The third kappa shape index (κ3) is 14.6. The molecule has 136 valence electrons. The summed E-state index contributed by atoms with van der Waals surface area (Å²) in [6.45, 7) is 6.88. The summed E-state index contributed by atoms with van der Waals surface area (Å²) >= 11 is 0.